The van der Waals surface area contributed by atoms with Crippen molar-refractivity contribution in [2.45, 2.75) is 13.0 Å². The highest BCUT2D eigenvalue weighted by molar-refractivity contribution is 5.98. The predicted molar refractivity (Wildman–Crippen MR) is 171 cm³/mol. The molecular weight excluding hydrogens is 554 g/mol. The summed E-state index contributed by atoms with van der Waals surface area (Å²) >= 11 is 0. The van der Waals surface area contributed by atoms with Crippen molar-refractivity contribution < 1.29 is 28.9 Å². The number of aromatic carboxylic acids is 1. The molecule has 0 aliphatic heterocycles. The normalized spacial score (nSPS) is 11.0. The average Bonchev–Trinajstić information content (AvgIpc) is 3.04. The summed E-state index contributed by atoms with van der Waals surface area (Å²) in [4.78, 5) is 26.3. The molecule has 5 aromatic rings. The first-order valence-electron chi connectivity index (χ1n) is 14.4. The summed E-state index contributed by atoms with van der Waals surface area (Å²) in [7, 11) is 3.44. The monoisotopic (exact) mass is 589 g/mol. The second-order valence-corrected chi connectivity index (χ2v) is 10.6. The van der Waals surface area contributed by atoms with Crippen LogP contribution in [0.15, 0.2) is 109 Å². The Hall–Kier alpha value is -4.98. The second-order valence-electron chi connectivity index (χ2n) is 10.6. The van der Waals surface area contributed by atoms with Crippen LogP contribution in [-0.2, 0) is 22.4 Å². The van der Waals surface area contributed by atoms with E-state index in [-0.39, 0.29) is 12.7 Å². The highest BCUT2D eigenvalue weighted by Gasteiger charge is 2.14. The number of ether oxygens (including phenoxy) is 3. The lowest BCUT2D eigenvalue weighted by molar-refractivity contribution is -0.00841. The summed E-state index contributed by atoms with van der Waals surface area (Å²) in [6.07, 6.45) is 0.655. The molecule has 0 radical (unpaired) electrons. The van der Waals surface area contributed by atoms with E-state index >= 15 is 0 Å². The Kier molecular flexibility index (Phi) is 10.0. The van der Waals surface area contributed by atoms with Crippen LogP contribution in [0, 0.1) is 0 Å². The standard InChI is InChI=1S/C37H35NO6/c1-38(36(39)33-14-13-32-23-35(16-15-31(32)22-33)44-25-43-18-17-42-2)24-28-6-4-7-30(21-28)29-11-9-26(10-12-29)19-27-5-3-8-34(20-27)37(40)41/h3-16,20-23H,17-19,24-25H2,1-2H3,(H,40,41). The maximum absolute atomic E-state index is 13.3. The van der Waals surface area contributed by atoms with Gasteiger partial charge in [0.25, 0.3) is 5.91 Å². The molecule has 1 N–H and O–H groups in total. The summed E-state index contributed by atoms with van der Waals surface area (Å²) in [6, 6.07) is 34.9. The van der Waals surface area contributed by atoms with E-state index in [1.807, 2.05) is 61.6 Å². The molecule has 0 aliphatic rings. The largest absolute Gasteiger partial charge is 0.478 e. The molecular formula is C37H35NO6. The topological polar surface area (TPSA) is 85.3 Å². The van der Waals surface area contributed by atoms with Crippen molar-refractivity contribution in [3.05, 3.63) is 137 Å². The molecule has 0 spiro atoms. The zero-order valence-corrected chi connectivity index (χ0v) is 24.9. The molecule has 7 heteroatoms. The van der Waals surface area contributed by atoms with Gasteiger partial charge in [0, 0.05) is 26.3 Å². The van der Waals surface area contributed by atoms with E-state index < -0.39 is 5.97 Å². The number of carbonyl (C=O) groups is 2. The van der Waals surface area contributed by atoms with Gasteiger partial charge in [0.1, 0.15) is 5.75 Å². The lowest BCUT2D eigenvalue weighted by Crippen LogP contribution is -2.26. The van der Waals surface area contributed by atoms with Crippen LogP contribution in [0.5, 0.6) is 5.75 Å². The number of hydrogen-bond acceptors (Lipinski definition) is 5. The van der Waals surface area contributed by atoms with E-state index in [1.54, 1.807) is 30.2 Å². The van der Waals surface area contributed by atoms with Gasteiger partial charge >= 0.3 is 5.97 Å². The number of benzene rings is 5. The molecule has 0 heterocycles. The number of carboxylic acids is 1. The van der Waals surface area contributed by atoms with Gasteiger partial charge in [-0.2, -0.15) is 0 Å². The molecule has 0 fully saturated rings. The quantitative estimate of drug-likeness (QED) is 0.117. The molecule has 0 saturated carbocycles. The number of amides is 1. The number of carboxylic acid groups (broad SMARTS) is 1. The van der Waals surface area contributed by atoms with Crippen molar-refractivity contribution in [2.75, 3.05) is 34.2 Å². The van der Waals surface area contributed by atoms with Gasteiger partial charge in [-0.05, 0) is 87.5 Å². The molecule has 0 atom stereocenters. The summed E-state index contributed by atoms with van der Waals surface area (Å²) < 4.78 is 16.0. The SMILES string of the molecule is COCCOCOc1ccc2cc(C(=O)N(C)Cc3cccc(-c4ccc(Cc5cccc(C(=O)O)c5)cc4)c3)ccc2c1. The van der Waals surface area contributed by atoms with Crippen LogP contribution in [0.25, 0.3) is 21.9 Å². The van der Waals surface area contributed by atoms with E-state index in [0.29, 0.717) is 43.1 Å². The van der Waals surface area contributed by atoms with Crippen LogP contribution in [0.4, 0.5) is 0 Å². The lowest BCUT2D eigenvalue weighted by atomic mass is 9.98. The van der Waals surface area contributed by atoms with Gasteiger partial charge in [0.2, 0.25) is 0 Å². The van der Waals surface area contributed by atoms with Gasteiger partial charge in [-0.1, -0.05) is 66.7 Å². The van der Waals surface area contributed by atoms with E-state index in [1.165, 1.54) is 0 Å². The van der Waals surface area contributed by atoms with Gasteiger partial charge < -0.3 is 24.2 Å². The summed E-state index contributed by atoms with van der Waals surface area (Å²) in [6.45, 7) is 1.60. The Balaban J connectivity index is 1.21. The Morgan fingerprint density at radius 1 is 0.705 bits per heavy atom. The van der Waals surface area contributed by atoms with Crippen molar-refractivity contribution >= 4 is 22.6 Å². The number of hydrogen-bond donors (Lipinski definition) is 1. The minimum absolute atomic E-state index is 0.0551. The highest BCUT2D eigenvalue weighted by atomic mass is 16.7. The third kappa shape index (κ3) is 7.89. The Morgan fingerprint density at radius 2 is 1.45 bits per heavy atom. The molecule has 5 rings (SSSR count). The molecule has 0 aromatic heterocycles. The first-order valence-corrected chi connectivity index (χ1v) is 14.4. The number of rotatable bonds is 13. The van der Waals surface area contributed by atoms with Gasteiger partial charge in [0.05, 0.1) is 18.8 Å². The fourth-order valence-electron chi connectivity index (χ4n) is 5.04. The van der Waals surface area contributed by atoms with E-state index in [9.17, 15) is 14.7 Å². The smallest absolute Gasteiger partial charge is 0.335 e. The molecule has 5 aromatic carbocycles. The average molecular weight is 590 g/mol. The summed E-state index contributed by atoms with van der Waals surface area (Å²) in [5.74, 6) is -0.278. The molecule has 0 saturated heterocycles. The highest BCUT2D eigenvalue weighted by Crippen LogP contribution is 2.25. The van der Waals surface area contributed by atoms with Gasteiger partial charge in [-0.15, -0.1) is 0 Å². The van der Waals surface area contributed by atoms with E-state index in [0.717, 1.165) is 38.6 Å². The molecule has 0 aliphatic carbocycles. The number of methoxy groups -OCH3 is 1. The third-order valence-electron chi connectivity index (χ3n) is 7.36. The zero-order chi connectivity index (χ0) is 30.9. The Morgan fingerprint density at radius 3 is 2.25 bits per heavy atom. The van der Waals surface area contributed by atoms with Crippen molar-refractivity contribution in [3.8, 4) is 16.9 Å². The molecule has 1 amide bonds. The van der Waals surface area contributed by atoms with E-state index in [2.05, 4.69) is 36.4 Å². The molecule has 44 heavy (non-hydrogen) atoms. The van der Waals surface area contributed by atoms with Crippen LogP contribution in [0.3, 0.4) is 0 Å². The third-order valence-corrected chi connectivity index (χ3v) is 7.36. The van der Waals surface area contributed by atoms with Crippen molar-refractivity contribution in [3.63, 3.8) is 0 Å². The molecule has 224 valence electrons. The fourth-order valence-corrected chi connectivity index (χ4v) is 5.04. The van der Waals surface area contributed by atoms with Gasteiger partial charge in [0.15, 0.2) is 6.79 Å². The lowest BCUT2D eigenvalue weighted by Gasteiger charge is -2.18. The minimum Gasteiger partial charge on any atom is -0.478 e. The van der Waals surface area contributed by atoms with Crippen LogP contribution < -0.4 is 4.74 Å². The molecule has 7 nitrogen and oxygen atoms in total. The van der Waals surface area contributed by atoms with Crippen LogP contribution in [-0.4, -0.2) is 56.0 Å². The molecule has 0 unspecified atom stereocenters. The fraction of sp³-hybridized carbons (Fsp3) is 0.189. The van der Waals surface area contributed by atoms with Crippen molar-refractivity contribution in [2.24, 2.45) is 0 Å². The van der Waals surface area contributed by atoms with Crippen LogP contribution in [0.1, 0.15) is 37.4 Å². The van der Waals surface area contributed by atoms with Crippen LogP contribution >= 0.6 is 0 Å². The Labute approximate surface area is 257 Å². The first kappa shape index (κ1) is 30.5. The molecule has 0 bridgehead atoms. The number of nitrogens with zero attached hydrogens (tertiary/aromatic N) is 1. The number of carbonyl (C=O) groups excluding carboxylic acids is 1. The van der Waals surface area contributed by atoms with Crippen LogP contribution in [0.2, 0.25) is 0 Å². The maximum Gasteiger partial charge on any atom is 0.335 e. The minimum atomic E-state index is -0.923. The van der Waals surface area contributed by atoms with Crippen molar-refractivity contribution in [1.82, 2.24) is 4.90 Å². The van der Waals surface area contributed by atoms with Gasteiger partial charge in [-0.3, -0.25) is 4.79 Å². The predicted octanol–water partition coefficient (Wildman–Crippen LogP) is 7.07. The van der Waals surface area contributed by atoms with Gasteiger partial charge in [-0.25, -0.2) is 4.79 Å². The van der Waals surface area contributed by atoms with Crippen molar-refractivity contribution in [1.29, 1.82) is 0 Å². The zero-order valence-electron chi connectivity index (χ0n) is 24.9. The first-order chi connectivity index (χ1) is 21.4. The second kappa shape index (κ2) is 14.5. The summed E-state index contributed by atoms with van der Waals surface area (Å²) in [5, 5.41) is 11.2. The van der Waals surface area contributed by atoms with E-state index in [4.69, 9.17) is 14.2 Å². The number of fused-ring (bicyclic) bond motifs is 1. The summed E-state index contributed by atoms with van der Waals surface area (Å²) in [5.41, 5.74) is 6.14. The Bertz CT molecular complexity index is 1750. The maximum atomic E-state index is 13.3.